The number of aliphatic hydroxyl groups is 1. The quantitative estimate of drug-likeness (QED) is 0.879. The summed E-state index contributed by atoms with van der Waals surface area (Å²) < 4.78 is 13.4. The van der Waals surface area contributed by atoms with Gasteiger partial charge in [0.15, 0.2) is 0 Å². The third-order valence-electron chi connectivity index (χ3n) is 5.48. The zero-order valence-electron chi connectivity index (χ0n) is 14.5. The molecule has 1 atom stereocenters. The van der Waals surface area contributed by atoms with Crippen molar-refractivity contribution in [1.29, 1.82) is 0 Å². The first-order valence-electron chi connectivity index (χ1n) is 8.95. The van der Waals surface area contributed by atoms with Crippen LogP contribution < -0.4 is 5.32 Å². The Balaban J connectivity index is 1.57. The van der Waals surface area contributed by atoms with E-state index in [-0.39, 0.29) is 29.7 Å². The van der Waals surface area contributed by atoms with Crippen LogP contribution in [0.2, 0.25) is 0 Å². The van der Waals surface area contributed by atoms with Gasteiger partial charge >= 0.3 is 0 Å². The number of nitrogens with one attached hydrogen (secondary N) is 1. The molecule has 136 valence electrons. The van der Waals surface area contributed by atoms with Gasteiger partial charge in [-0.1, -0.05) is 12.1 Å². The number of likely N-dealkylation sites (tertiary alicyclic amines) is 1. The van der Waals surface area contributed by atoms with Crippen LogP contribution in [0.4, 0.5) is 4.39 Å². The second-order valence-corrected chi connectivity index (χ2v) is 7.20. The Morgan fingerprint density at radius 1 is 1.28 bits per heavy atom. The second-order valence-electron chi connectivity index (χ2n) is 7.20. The Kier molecular flexibility index (Phi) is 5.08. The number of halogens is 1. The van der Waals surface area contributed by atoms with Crippen LogP contribution in [0.25, 0.3) is 0 Å². The van der Waals surface area contributed by atoms with Gasteiger partial charge < -0.3 is 15.3 Å². The number of rotatable bonds is 3. The van der Waals surface area contributed by atoms with Crippen molar-refractivity contribution >= 4 is 11.8 Å². The molecule has 1 aliphatic heterocycles. The summed E-state index contributed by atoms with van der Waals surface area (Å²) in [6, 6.07) is 5.69. The molecule has 1 aromatic rings. The fourth-order valence-corrected chi connectivity index (χ4v) is 4.02. The Morgan fingerprint density at radius 2 is 2.00 bits per heavy atom. The lowest BCUT2D eigenvalue weighted by Crippen LogP contribution is -2.50. The van der Waals surface area contributed by atoms with Gasteiger partial charge in [0, 0.05) is 19.5 Å². The van der Waals surface area contributed by atoms with E-state index in [0.717, 1.165) is 6.42 Å². The summed E-state index contributed by atoms with van der Waals surface area (Å²) in [6.45, 7) is 2.13. The van der Waals surface area contributed by atoms with Crippen LogP contribution >= 0.6 is 0 Å². The van der Waals surface area contributed by atoms with Gasteiger partial charge in [-0.05, 0) is 56.2 Å². The number of amides is 2. The van der Waals surface area contributed by atoms with Crippen LogP contribution in [-0.2, 0) is 15.2 Å². The number of hydrogen-bond donors (Lipinski definition) is 2. The number of carbonyl (C=O) groups excluding carboxylic acids is 2. The summed E-state index contributed by atoms with van der Waals surface area (Å²) in [5, 5.41) is 13.8. The lowest BCUT2D eigenvalue weighted by atomic mass is 9.77. The summed E-state index contributed by atoms with van der Waals surface area (Å²) in [6.07, 6.45) is 3.76. The highest BCUT2D eigenvalue weighted by atomic mass is 19.1. The monoisotopic (exact) mass is 348 g/mol. The first-order valence-corrected chi connectivity index (χ1v) is 8.95. The molecule has 0 spiro atoms. The van der Waals surface area contributed by atoms with Crippen molar-refractivity contribution < 1.29 is 19.1 Å². The third kappa shape index (κ3) is 3.84. The molecule has 5 nitrogen and oxygen atoms in total. The van der Waals surface area contributed by atoms with Crippen LogP contribution in [-0.4, -0.2) is 40.4 Å². The lowest BCUT2D eigenvalue weighted by Gasteiger charge is -2.37. The van der Waals surface area contributed by atoms with Crippen molar-refractivity contribution in [3.8, 4) is 0 Å². The average Bonchev–Trinajstić information content (AvgIpc) is 3.07. The van der Waals surface area contributed by atoms with Gasteiger partial charge in [0.05, 0.1) is 5.60 Å². The highest BCUT2D eigenvalue weighted by Crippen LogP contribution is 2.37. The average molecular weight is 348 g/mol. The highest BCUT2D eigenvalue weighted by Gasteiger charge is 2.37. The highest BCUT2D eigenvalue weighted by molar-refractivity contribution is 5.87. The summed E-state index contributed by atoms with van der Waals surface area (Å²) in [5.41, 5.74) is -0.446. The maximum atomic E-state index is 13.4. The molecule has 1 aliphatic carbocycles. The Hall–Kier alpha value is -1.95. The molecule has 25 heavy (non-hydrogen) atoms. The largest absolute Gasteiger partial charge is 0.385 e. The molecule has 1 aromatic carbocycles. The number of carbonyl (C=O) groups is 2. The van der Waals surface area contributed by atoms with Gasteiger partial charge in [0.2, 0.25) is 11.8 Å². The Morgan fingerprint density at radius 3 is 2.64 bits per heavy atom. The molecule has 0 bridgehead atoms. The summed E-state index contributed by atoms with van der Waals surface area (Å²) in [7, 11) is 0. The fraction of sp³-hybridized carbons (Fsp3) is 0.579. The van der Waals surface area contributed by atoms with Crippen LogP contribution in [0.15, 0.2) is 24.3 Å². The minimum atomic E-state index is -1.04. The standard InChI is InChI=1S/C19H25FN2O3/c1-13(23)22-11-3-6-17(22)18(24)21-16-7-9-19(25,10-8-16)14-4-2-5-15(20)12-14/h2,4-5,12,16-17,25H,3,6-11H2,1H3,(H,21,24). The van der Waals surface area contributed by atoms with Crippen molar-refractivity contribution in [3.05, 3.63) is 35.6 Å². The normalized spacial score (nSPS) is 29.5. The zero-order chi connectivity index (χ0) is 18.0. The van der Waals surface area contributed by atoms with Gasteiger partial charge in [0.1, 0.15) is 11.9 Å². The van der Waals surface area contributed by atoms with Crippen molar-refractivity contribution in [3.63, 3.8) is 0 Å². The predicted octanol–water partition coefficient (Wildman–Crippen LogP) is 2.08. The molecule has 1 saturated carbocycles. The van der Waals surface area contributed by atoms with E-state index >= 15 is 0 Å². The second kappa shape index (κ2) is 7.12. The Bertz CT molecular complexity index is 656. The van der Waals surface area contributed by atoms with E-state index in [1.54, 1.807) is 17.0 Å². The maximum Gasteiger partial charge on any atom is 0.243 e. The summed E-state index contributed by atoms with van der Waals surface area (Å²) in [5.74, 6) is -0.525. The maximum absolute atomic E-state index is 13.4. The van der Waals surface area contributed by atoms with Crippen LogP contribution in [0, 0.1) is 5.82 Å². The third-order valence-corrected chi connectivity index (χ3v) is 5.48. The molecule has 2 amide bonds. The molecule has 2 aliphatic rings. The predicted molar refractivity (Wildman–Crippen MR) is 91.1 cm³/mol. The van der Waals surface area contributed by atoms with Crippen LogP contribution in [0.1, 0.15) is 51.0 Å². The van der Waals surface area contributed by atoms with Crippen LogP contribution in [0.3, 0.4) is 0 Å². The molecular formula is C19H25FN2O3. The fourth-order valence-electron chi connectivity index (χ4n) is 4.02. The summed E-state index contributed by atoms with van der Waals surface area (Å²) in [4.78, 5) is 25.7. The molecule has 0 aromatic heterocycles. The number of benzene rings is 1. The zero-order valence-corrected chi connectivity index (χ0v) is 14.5. The van der Waals surface area contributed by atoms with E-state index in [4.69, 9.17) is 0 Å². The van der Waals surface area contributed by atoms with Gasteiger partial charge in [0.25, 0.3) is 0 Å². The molecule has 2 N–H and O–H groups in total. The molecule has 0 radical (unpaired) electrons. The van der Waals surface area contributed by atoms with Crippen molar-refractivity contribution in [2.24, 2.45) is 0 Å². The van der Waals surface area contributed by atoms with Gasteiger partial charge in [-0.2, -0.15) is 0 Å². The SMILES string of the molecule is CC(=O)N1CCCC1C(=O)NC1CCC(O)(c2cccc(F)c2)CC1. The minimum absolute atomic E-state index is 0.0178. The van der Waals surface area contributed by atoms with Crippen molar-refractivity contribution in [1.82, 2.24) is 10.2 Å². The molecule has 1 saturated heterocycles. The van der Waals surface area contributed by atoms with Gasteiger partial charge in [-0.15, -0.1) is 0 Å². The van der Waals surface area contributed by atoms with Crippen molar-refractivity contribution in [2.75, 3.05) is 6.54 Å². The molecule has 1 unspecified atom stereocenters. The smallest absolute Gasteiger partial charge is 0.243 e. The topological polar surface area (TPSA) is 69.6 Å². The molecule has 1 heterocycles. The summed E-state index contributed by atoms with van der Waals surface area (Å²) >= 11 is 0. The molecule has 6 heteroatoms. The Labute approximate surface area is 147 Å². The molecular weight excluding hydrogens is 323 g/mol. The lowest BCUT2D eigenvalue weighted by molar-refractivity contribution is -0.137. The molecule has 2 fully saturated rings. The van der Waals surface area contributed by atoms with E-state index in [0.29, 0.717) is 44.2 Å². The van der Waals surface area contributed by atoms with E-state index in [2.05, 4.69) is 5.32 Å². The first-order chi connectivity index (χ1) is 11.9. The number of nitrogens with zero attached hydrogens (tertiary/aromatic N) is 1. The van der Waals surface area contributed by atoms with E-state index < -0.39 is 5.60 Å². The van der Waals surface area contributed by atoms with E-state index in [1.165, 1.54) is 19.1 Å². The van der Waals surface area contributed by atoms with E-state index in [9.17, 15) is 19.1 Å². The van der Waals surface area contributed by atoms with Gasteiger partial charge in [-0.25, -0.2) is 4.39 Å². The first kappa shape index (κ1) is 17.9. The van der Waals surface area contributed by atoms with Crippen molar-refractivity contribution in [2.45, 2.75) is 63.1 Å². The van der Waals surface area contributed by atoms with Gasteiger partial charge in [-0.3, -0.25) is 9.59 Å². The van der Waals surface area contributed by atoms with E-state index in [1.807, 2.05) is 0 Å². The minimum Gasteiger partial charge on any atom is -0.385 e. The number of hydrogen-bond acceptors (Lipinski definition) is 3. The molecule has 3 rings (SSSR count). The van der Waals surface area contributed by atoms with Crippen LogP contribution in [0.5, 0.6) is 0 Å².